The van der Waals surface area contributed by atoms with Gasteiger partial charge >= 0.3 is 0 Å². The third kappa shape index (κ3) is 1.52. The highest BCUT2D eigenvalue weighted by molar-refractivity contribution is 7.91. The van der Waals surface area contributed by atoms with Crippen molar-refractivity contribution >= 4 is 31.6 Å². The van der Waals surface area contributed by atoms with Crippen molar-refractivity contribution < 1.29 is 8.42 Å². The largest absolute Gasteiger partial charge is 0.265 e. The Bertz CT molecular complexity index is 586. The molecular formula is C8H8N2O2S2. The summed E-state index contributed by atoms with van der Waals surface area (Å²) in [5.74, 6) is 0. The van der Waals surface area contributed by atoms with E-state index in [9.17, 15) is 8.42 Å². The van der Waals surface area contributed by atoms with Crippen LogP contribution in [0, 0.1) is 6.92 Å². The maximum absolute atomic E-state index is 11.0. The third-order valence-electron chi connectivity index (χ3n) is 1.84. The van der Waals surface area contributed by atoms with Crippen molar-refractivity contribution in [2.24, 2.45) is 5.14 Å². The summed E-state index contributed by atoms with van der Waals surface area (Å²) < 4.78 is 22.9. The quantitative estimate of drug-likeness (QED) is 0.798. The Labute approximate surface area is 85.4 Å². The van der Waals surface area contributed by atoms with E-state index in [1.807, 2.05) is 25.1 Å². The first-order chi connectivity index (χ1) is 6.48. The predicted molar refractivity (Wildman–Crippen MR) is 55.7 cm³/mol. The smallest absolute Gasteiger partial charge is 0.224 e. The minimum atomic E-state index is -3.67. The lowest BCUT2D eigenvalue weighted by molar-refractivity contribution is 0.597. The maximum Gasteiger partial charge on any atom is 0.265 e. The predicted octanol–water partition coefficient (Wildman–Crippen LogP) is 1.25. The van der Waals surface area contributed by atoms with Gasteiger partial charge in [-0.05, 0) is 18.6 Å². The standard InChI is InChI=1S/C8H8N2O2S2/c1-5-3-2-4-6-7(5)10-8(13-6)14(9,11)12/h2-4H,1H3,(H2,9,11,12). The number of primary sulfonamides is 1. The summed E-state index contributed by atoms with van der Waals surface area (Å²) in [7, 11) is -3.67. The molecule has 14 heavy (non-hydrogen) atoms. The number of para-hydroxylation sites is 1. The van der Waals surface area contributed by atoms with Crippen LogP contribution in [0.1, 0.15) is 5.56 Å². The Balaban J connectivity index is 2.81. The molecule has 6 heteroatoms. The molecule has 2 N–H and O–H groups in total. The van der Waals surface area contributed by atoms with E-state index < -0.39 is 10.0 Å². The SMILES string of the molecule is Cc1cccc2sc(S(N)(=O)=O)nc12. The van der Waals surface area contributed by atoms with Crippen LogP contribution in [0.5, 0.6) is 0 Å². The van der Waals surface area contributed by atoms with Crippen molar-refractivity contribution in [1.29, 1.82) is 0 Å². The number of benzene rings is 1. The lowest BCUT2D eigenvalue weighted by Gasteiger charge is -1.90. The van der Waals surface area contributed by atoms with Crippen molar-refractivity contribution in [3.8, 4) is 0 Å². The maximum atomic E-state index is 11.0. The van der Waals surface area contributed by atoms with Crippen LogP contribution in [0.3, 0.4) is 0 Å². The molecule has 0 atom stereocenters. The number of fused-ring (bicyclic) bond motifs is 1. The summed E-state index contributed by atoms with van der Waals surface area (Å²) in [5, 5.41) is 4.99. The van der Waals surface area contributed by atoms with Gasteiger partial charge in [-0.1, -0.05) is 12.1 Å². The van der Waals surface area contributed by atoms with Gasteiger partial charge in [0, 0.05) is 0 Å². The first kappa shape index (κ1) is 9.57. The molecule has 74 valence electrons. The summed E-state index contributed by atoms with van der Waals surface area (Å²) in [6.45, 7) is 1.88. The minimum absolute atomic E-state index is 0.0261. The molecule has 0 spiro atoms. The second kappa shape index (κ2) is 3.01. The van der Waals surface area contributed by atoms with Crippen molar-refractivity contribution in [2.45, 2.75) is 11.3 Å². The van der Waals surface area contributed by atoms with Crippen LogP contribution in [0.25, 0.3) is 10.2 Å². The highest BCUT2D eigenvalue weighted by atomic mass is 32.2. The monoisotopic (exact) mass is 228 g/mol. The summed E-state index contributed by atoms with van der Waals surface area (Å²) in [4.78, 5) is 3.99. The average Bonchev–Trinajstić information content (AvgIpc) is 2.48. The van der Waals surface area contributed by atoms with Gasteiger partial charge in [0.05, 0.1) is 10.2 Å². The van der Waals surface area contributed by atoms with Gasteiger partial charge in [-0.3, -0.25) is 0 Å². The number of hydrogen-bond acceptors (Lipinski definition) is 4. The fourth-order valence-electron chi connectivity index (χ4n) is 1.19. The van der Waals surface area contributed by atoms with Gasteiger partial charge in [0.1, 0.15) is 0 Å². The molecule has 4 nitrogen and oxygen atoms in total. The lowest BCUT2D eigenvalue weighted by atomic mass is 10.2. The zero-order chi connectivity index (χ0) is 10.3. The Morgan fingerprint density at radius 3 is 2.71 bits per heavy atom. The van der Waals surface area contributed by atoms with Crippen LogP contribution in [-0.2, 0) is 10.0 Å². The van der Waals surface area contributed by atoms with Crippen LogP contribution in [0.2, 0.25) is 0 Å². The van der Waals surface area contributed by atoms with E-state index >= 15 is 0 Å². The topological polar surface area (TPSA) is 73.1 Å². The van der Waals surface area contributed by atoms with Gasteiger partial charge in [0.25, 0.3) is 10.0 Å². The van der Waals surface area contributed by atoms with Crippen molar-refractivity contribution in [2.75, 3.05) is 0 Å². The van der Waals surface area contributed by atoms with Crippen molar-refractivity contribution in [1.82, 2.24) is 4.98 Å². The normalized spacial score (nSPS) is 12.1. The highest BCUT2D eigenvalue weighted by Crippen LogP contribution is 2.26. The van der Waals surface area contributed by atoms with Crippen LogP contribution >= 0.6 is 11.3 Å². The number of thiazole rings is 1. The molecule has 0 unspecified atom stereocenters. The summed E-state index contributed by atoms with van der Waals surface area (Å²) in [6, 6.07) is 5.58. The molecule has 1 heterocycles. The Morgan fingerprint density at radius 2 is 2.14 bits per heavy atom. The van der Waals surface area contributed by atoms with E-state index in [4.69, 9.17) is 5.14 Å². The highest BCUT2D eigenvalue weighted by Gasteiger charge is 2.14. The molecule has 2 rings (SSSR count). The summed E-state index contributed by atoms with van der Waals surface area (Å²) in [6.07, 6.45) is 0. The zero-order valence-corrected chi connectivity index (χ0v) is 9.02. The molecule has 1 aromatic heterocycles. The summed E-state index contributed by atoms with van der Waals surface area (Å²) in [5.41, 5.74) is 1.66. The Kier molecular flexibility index (Phi) is 2.06. The van der Waals surface area contributed by atoms with E-state index in [1.165, 1.54) is 0 Å². The molecule has 0 radical (unpaired) electrons. The molecule has 0 aliphatic carbocycles. The van der Waals surface area contributed by atoms with Gasteiger partial charge in [-0.15, -0.1) is 11.3 Å². The van der Waals surface area contributed by atoms with E-state index in [0.717, 1.165) is 21.6 Å². The molecule has 0 amide bonds. The first-order valence-corrected chi connectivity index (χ1v) is 6.24. The zero-order valence-electron chi connectivity index (χ0n) is 7.39. The molecule has 0 bridgehead atoms. The Hall–Kier alpha value is -0.980. The second-order valence-corrected chi connectivity index (χ2v) is 5.71. The number of nitrogens with two attached hydrogens (primary N) is 1. The third-order valence-corrected chi connectivity index (χ3v) is 4.18. The lowest BCUT2D eigenvalue weighted by Crippen LogP contribution is -2.11. The average molecular weight is 228 g/mol. The number of nitrogens with zero attached hydrogens (tertiary/aromatic N) is 1. The molecule has 1 aromatic carbocycles. The number of aryl methyl sites for hydroxylation is 1. The molecule has 0 fully saturated rings. The van der Waals surface area contributed by atoms with Gasteiger partial charge < -0.3 is 0 Å². The molecule has 0 aliphatic rings. The van der Waals surface area contributed by atoms with E-state index in [0.29, 0.717) is 5.52 Å². The Morgan fingerprint density at radius 1 is 1.43 bits per heavy atom. The van der Waals surface area contributed by atoms with Crippen molar-refractivity contribution in [3.05, 3.63) is 23.8 Å². The molecule has 0 saturated heterocycles. The second-order valence-electron chi connectivity index (χ2n) is 2.95. The van der Waals surface area contributed by atoms with E-state index in [-0.39, 0.29) is 4.34 Å². The van der Waals surface area contributed by atoms with Gasteiger partial charge in [0.2, 0.25) is 4.34 Å². The van der Waals surface area contributed by atoms with Crippen molar-refractivity contribution in [3.63, 3.8) is 0 Å². The molecule has 0 saturated carbocycles. The number of sulfonamides is 1. The van der Waals surface area contributed by atoms with E-state index in [1.54, 1.807) is 0 Å². The number of hydrogen-bond donors (Lipinski definition) is 1. The van der Waals surface area contributed by atoms with Gasteiger partial charge in [-0.2, -0.15) is 0 Å². The fraction of sp³-hybridized carbons (Fsp3) is 0.125. The molecule has 2 aromatic rings. The number of aromatic nitrogens is 1. The van der Waals surface area contributed by atoms with Crippen LogP contribution < -0.4 is 5.14 Å². The number of rotatable bonds is 1. The van der Waals surface area contributed by atoms with Crippen LogP contribution in [-0.4, -0.2) is 13.4 Å². The first-order valence-electron chi connectivity index (χ1n) is 3.87. The minimum Gasteiger partial charge on any atom is -0.224 e. The van der Waals surface area contributed by atoms with Gasteiger partial charge in [-0.25, -0.2) is 18.5 Å². The fourth-order valence-corrected chi connectivity index (χ4v) is 2.91. The summed E-state index contributed by atoms with van der Waals surface area (Å²) >= 11 is 1.09. The van der Waals surface area contributed by atoms with Gasteiger partial charge in [0.15, 0.2) is 0 Å². The molecular weight excluding hydrogens is 220 g/mol. The van der Waals surface area contributed by atoms with E-state index in [2.05, 4.69) is 4.98 Å². The van der Waals surface area contributed by atoms with Crippen LogP contribution in [0.15, 0.2) is 22.5 Å². The molecule has 0 aliphatic heterocycles. The van der Waals surface area contributed by atoms with Crippen LogP contribution in [0.4, 0.5) is 0 Å².